The van der Waals surface area contributed by atoms with Gasteiger partial charge < -0.3 is 9.64 Å². The molecule has 0 fully saturated rings. The number of hydrogen-bond acceptors (Lipinski definition) is 2. The average molecular weight is 208 g/mol. The van der Waals surface area contributed by atoms with Gasteiger partial charge in [0, 0.05) is 19.0 Å². The average Bonchev–Trinajstić information content (AvgIpc) is 2.01. The maximum Gasteiger partial charge on any atom is 0.0600 e. The van der Waals surface area contributed by atoms with E-state index in [4.69, 9.17) is 16.3 Å². The minimum atomic E-state index is -0.0274. The highest BCUT2D eigenvalue weighted by atomic mass is 35.5. The van der Waals surface area contributed by atoms with Crippen molar-refractivity contribution in [1.29, 1.82) is 0 Å². The zero-order valence-corrected chi connectivity index (χ0v) is 10.0. The number of ether oxygens (including phenoxy) is 1. The molecule has 0 spiro atoms. The van der Waals surface area contributed by atoms with E-state index in [-0.39, 0.29) is 5.60 Å². The normalized spacial score (nSPS) is 12.5. The number of rotatable bonds is 6. The highest BCUT2D eigenvalue weighted by molar-refractivity contribution is 6.18. The molecule has 0 aliphatic rings. The van der Waals surface area contributed by atoms with Gasteiger partial charge in [-0.1, -0.05) is 6.92 Å². The first kappa shape index (κ1) is 13.2. The smallest absolute Gasteiger partial charge is 0.0600 e. The molecular formula is C10H22ClNO. The SMILES string of the molecule is CCN(CCCl)CCOC(C)(C)C. The molecule has 0 aromatic carbocycles. The Kier molecular flexibility index (Phi) is 6.74. The Morgan fingerprint density at radius 2 is 1.85 bits per heavy atom. The summed E-state index contributed by atoms with van der Waals surface area (Å²) < 4.78 is 5.62. The van der Waals surface area contributed by atoms with Crippen LogP contribution in [-0.2, 0) is 4.74 Å². The number of alkyl halides is 1. The lowest BCUT2D eigenvalue weighted by molar-refractivity contribution is -0.0120. The molecule has 80 valence electrons. The quantitative estimate of drug-likeness (QED) is 0.621. The Morgan fingerprint density at radius 1 is 1.23 bits per heavy atom. The summed E-state index contributed by atoms with van der Waals surface area (Å²) in [7, 11) is 0. The van der Waals surface area contributed by atoms with Crippen LogP contribution in [0, 0.1) is 0 Å². The van der Waals surface area contributed by atoms with Crippen molar-refractivity contribution >= 4 is 11.6 Å². The second kappa shape index (κ2) is 6.63. The van der Waals surface area contributed by atoms with E-state index in [9.17, 15) is 0 Å². The summed E-state index contributed by atoms with van der Waals surface area (Å²) in [6, 6.07) is 0. The molecule has 0 aromatic heterocycles. The molecule has 0 bridgehead atoms. The van der Waals surface area contributed by atoms with Crippen LogP contribution in [0.5, 0.6) is 0 Å². The van der Waals surface area contributed by atoms with E-state index in [0.717, 1.165) is 26.2 Å². The third-order valence-electron chi connectivity index (χ3n) is 1.79. The van der Waals surface area contributed by atoms with Crippen LogP contribution in [0.3, 0.4) is 0 Å². The van der Waals surface area contributed by atoms with E-state index in [1.807, 2.05) is 0 Å². The molecule has 13 heavy (non-hydrogen) atoms. The molecule has 0 saturated heterocycles. The molecule has 0 N–H and O–H groups in total. The van der Waals surface area contributed by atoms with Crippen molar-refractivity contribution in [1.82, 2.24) is 4.90 Å². The fourth-order valence-corrected chi connectivity index (χ4v) is 1.27. The van der Waals surface area contributed by atoms with Crippen molar-refractivity contribution in [2.75, 3.05) is 32.1 Å². The van der Waals surface area contributed by atoms with Gasteiger partial charge in [0.1, 0.15) is 0 Å². The summed E-state index contributed by atoms with van der Waals surface area (Å²) in [4.78, 5) is 2.29. The topological polar surface area (TPSA) is 12.5 Å². The van der Waals surface area contributed by atoms with E-state index < -0.39 is 0 Å². The van der Waals surface area contributed by atoms with Gasteiger partial charge in [-0.3, -0.25) is 0 Å². The third kappa shape index (κ3) is 8.54. The summed E-state index contributed by atoms with van der Waals surface area (Å²) in [5.74, 6) is 0.698. The van der Waals surface area contributed by atoms with Crippen LogP contribution in [0.2, 0.25) is 0 Å². The predicted molar refractivity (Wildman–Crippen MR) is 58.5 cm³/mol. The van der Waals surface area contributed by atoms with Crippen LogP contribution in [0.15, 0.2) is 0 Å². The van der Waals surface area contributed by atoms with Gasteiger partial charge in [0.2, 0.25) is 0 Å². The van der Waals surface area contributed by atoms with Gasteiger partial charge in [-0.15, -0.1) is 11.6 Å². The Morgan fingerprint density at radius 3 is 2.23 bits per heavy atom. The minimum absolute atomic E-state index is 0.0274. The summed E-state index contributed by atoms with van der Waals surface area (Å²) in [5, 5.41) is 0. The van der Waals surface area contributed by atoms with Crippen molar-refractivity contribution < 1.29 is 4.74 Å². The van der Waals surface area contributed by atoms with Crippen LogP contribution in [0.1, 0.15) is 27.7 Å². The molecule has 0 amide bonds. The first-order valence-corrected chi connectivity index (χ1v) is 5.45. The molecule has 0 atom stereocenters. The maximum atomic E-state index is 5.66. The zero-order valence-electron chi connectivity index (χ0n) is 9.27. The van der Waals surface area contributed by atoms with Crippen molar-refractivity contribution in [3.05, 3.63) is 0 Å². The molecule has 0 rings (SSSR count). The van der Waals surface area contributed by atoms with Gasteiger partial charge in [0.05, 0.1) is 12.2 Å². The Bertz CT molecular complexity index is 123. The maximum absolute atomic E-state index is 5.66. The van der Waals surface area contributed by atoms with Crippen LogP contribution < -0.4 is 0 Å². The van der Waals surface area contributed by atoms with Gasteiger partial charge in [0.25, 0.3) is 0 Å². The Hall–Kier alpha value is 0.210. The second-order valence-corrected chi connectivity index (χ2v) is 4.46. The molecular weight excluding hydrogens is 186 g/mol. The molecule has 0 heterocycles. The zero-order chi connectivity index (χ0) is 10.3. The van der Waals surface area contributed by atoms with Gasteiger partial charge in [-0.05, 0) is 27.3 Å². The van der Waals surface area contributed by atoms with E-state index in [2.05, 4.69) is 32.6 Å². The second-order valence-electron chi connectivity index (χ2n) is 4.08. The van der Waals surface area contributed by atoms with Crippen molar-refractivity contribution in [3.8, 4) is 0 Å². The van der Waals surface area contributed by atoms with Gasteiger partial charge in [-0.2, -0.15) is 0 Å². The van der Waals surface area contributed by atoms with Gasteiger partial charge in [-0.25, -0.2) is 0 Å². The molecule has 0 aliphatic carbocycles. The summed E-state index contributed by atoms with van der Waals surface area (Å²) in [6.45, 7) is 12.1. The first-order chi connectivity index (χ1) is 5.99. The molecule has 0 radical (unpaired) electrons. The van der Waals surface area contributed by atoms with Crippen molar-refractivity contribution in [2.45, 2.75) is 33.3 Å². The van der Waals surface area contributed by atoms with E-state index in [1.165, 1.54) is 0 Å². The van der Waals surface area contributed by atoms with Crippen LogP contribution in [-0.4, -0.2) is 42.6 Å². The number of hydrogen-bond donors (Lipinski definition) is 0. The lowest BCUT2D eigenvalue weighted by Gasteiger charge is -2.23. The summed E-state index contributed by atoms with van der Waals surface area (Å²) >= 11 is 5.66. The highest BCUT2D eigenvalue weighted by Crippen LogP contribution is 2.06. The monoisotopic (exact) mass is 207 g/mol. The molecule has 0 aromatic rings. The summed E-state index contributed by atoms with van der Waals surface area (Å²) in [5.41, 5.74) is -0.0274. The third-order valence-corrected chi connectivity index (χ3v) is 1.96. The van der Waals surface area contributed by atoms with Crippen LogP contribution in [0.25, 0.3) is 0 Å². The number of likely N-dealkylation sites (N-methyl/N-ethyl adjacent to an activating group) is 1. The Balaban J connectivity index is 3.49. The first-order valence-electron chi connectivity index (χ1n) is 4.92. The molecule has 2 nitrogen and oxygen atoms in total. The lowest BCUT2D eigenvalue weighted by atomic mass is 10.2. The van der Waals surface area contributed by atoms with Crippen LogP contribution in [0.4, 0.5) is 0 Å². The summed E-state index contributed by atoms with van der Waals surface area (Å²) in [6.07, 6.45) is 0. The lowest BCUT2D eigenvalue weighted by Crippen LogP contribution is -2.32. The van der Waals surface area contributed by atoms with E-state index in [0.29, 0.717) is 5.88 Å². The van der Waals surface area contributed by atoms with Crippen LogP contribution >= 0.6 is 11.6 Å². The molecule has 0 aliphatic heterocycles. The Labute approximate surface area is 87.2 Å². The standard InChI is InChI=1S/C10H22ClNO/c1-5-12(7-6-11)8-9-13-10(2,3)4/h5-9H2,1-4H3. The molecule has 0 unspecified atom stereocenters. The predicted octanol–water partition coefficient (Wildman–Crippen LogP) is 2.36. The van der Waals surface area contributed by atoms with Gasteiger partial charge >= 0.3 is 0 Å². The molecule has 3 heteroatoms. The van der Waals surface area contributed by atoms with Gasteiger partial charge in [0.15, 0.2) is 0 Å². The fourth-order valence-electron chi connectivity index (χ4n) is 1.03. The fraction of sp³-hybridized carbons (Fsp3) is 1.00. The number of nitrogens with zero attached hydrogens (tertiary/aromatic N) is 1. The largest absolute Gasteiger partial charge is 0.375 e. The van der Waals surface area contributed by atoms with E-state index in [1.54, 1.807) is 0 Å². The minimum Gasteiger partial charge on any atom is -0.375 e. The highest BCUT2D eigenvalue weighted by Gasteiger charge is 2.10. The van der Waals surface area contributed by atoms with Crippen molar-refractivity contribution in [3.63, 3.8) is 0 Å². The van der Waals surface area contributed by atoms with E-state index >= 15 is 0 Å². The molecule has 0 saturated carbocycles. The van der Waals surface area contributed by atoms with Crippen molar-refractivity contribution in [2.24, 2.45) is 0 Å². The number of halogens is 1.